The van der Waals surface area contributed by atoms with Gasteiger partial charge in [0.1, 0.15) is 0 Å². The van der Waals surface area contributed by atoms with Crippen LogP contribution in [0.3, 0.4) is 0 Å². The van der Waals surface area contributed by atoms with E-state index in [1.165, 1.54) is 5.52 Å². The highest BCUT2D eigenvalue weighted by atomic mass is 16.1. The summed E-state index contributed by atoms with van der Waals surface area (Å²) in [5.74, 6) is -0.0707. The largest absolute Gasteiger partial charge is 0.347 e. The van der Waals surface area contributed by atoms with Crippen LogP contribution in [0, 0.1) is 0 Å². The number of carbonyl (C=O) groups is 1. The van der Waals surface area contributed by atoms with Crippen molar-refractivity contribution in [1.82, 2.24) is 4.57 Å². The maximum absolute atomic E-state index is 12.2. The third-order valence-electron chi connectivity index (χ3n) is 4.15. The molecule has 124 valence electrons. The van der Waals surface area contributed by atoms with Gasteiger partial charge in [0, 0.05) is 41.8 Å². The van der Waals surface area contributed by atoms with Crippen LogP contribution in [0.5, 0.6) is 0 Å². The van der Waals surface area contributed by atoms with E-state index in [0.717, 1.165) is 29.6 Å². The first kappa shape index (κ1) is 16.3. The quantitative estimate of drug-likeness (QED) is 0.718. The highest BCUT2D eigenvalue weighted by Crippen LogP contribution is 2.22. The fourth-order valence-corrected chi connectivity index (χ4v) is 2.94. The molecule has 0 bridgehead atoms. The molecule has 24 heavy (non-hydrogen) atoms. The van der Waals surface area contributed by atoms with E-state index in [2.05, 4.69) is 35.1 Å². The molecule has 1 unspecified atom stereocenters. The van der Waals surface area contributed by atoms with Gasteiger partial charge >= 0.3 is 0 Å². The molecule has 1 heterocycles. The summed E-state index contributed by atoms with van der Waals surface area (Å²) in [5.41, 5.74) is 9.08. The molecule has 3 rings (SSSR count). The maximum Gasteiger partial charge on any atom is 0.226 e. The topological polar surface area (TPSA) is 60.0 Å². The lowest BCUT2D eigenvalue weighted by atomic mass is 10.0. The van der Waals surface area contributed by atoms with Crippen molar-refractivity contribution < 1.29 is 4.79 Å². The van der Waals surface area contributed by atoms with Crippen molar-refractivity contribution in [3.05, 3.63) is 66.4 Å². The smallest absolute Gasteiger partial charge is 0.226 e. The molecule has 0 saturated carbocycles. The van der Waals surface area contributed by atoms with Crippen molar-refractivity contribution >= 4 is 22.5 Å². The van der Waals surface area contributed by atoms with Gasteiger partial charge in [-0.15, -0.1) is 0 Å². The normalized spacial score (nSPS) is 12.2. The number of nitrogens with zero attached hydrogens (tertiary/aromatic N) is 1. The van der Waals surface area contributed by atoms with Crippen LogP contribution >= 0.6 is 0 Å². The van der Waals surface area contributed by atoms with E-state index in [0.29, 0.717) is 0 Å². The fourth-order valence-electron chi connectivity index (χ4n) is 2.94. The first-order valence-corrected chi connectivity index (χ1v) is 8.36. The predicted octanol–water partition coefficient (Wildman–Crippen LogP) is 4.08. The summed E-state index contributed by atoms with van der Waals surface area (Å²) >= 11 is 0. The number of aryl methyl sites for hydroxylation is 1. The van der Waals surface area contributed by atoms with Crippen LogP contribution in [0.4, 0.5) is 5.69 Å². The third kappa shape index (κ3) is 3.66. The van der Waals surface area contributed by atoms with Crippen LogP contribution in [0.1, 0.15) is 31.4 Å². The predicted molar refractivity (Wildman–Crippen MR) is 98.8 cm³/mol. The minimum Gasteiger partial charge on any atom is -0.347 e. The maximum atomic E-state index is 12.2. The van der Waals surface area contributed by atoms with Gasteiger partial charge in [0.2, 0.25) is 5.91 Å². The van der Waals surface area contributed by atoms with Gasteiger partial charge in [-0.25, -0.2) is 0 Å². The zero-order valence-corrected chi connectivity index (χ0v) is 13.9. The van der Waals surface area contributed by atoms with Gasteiger partial charge in [-0.2, -0.15) is 0 Å². The fraction of sp³-hybridized carbons (Fsp3) is 0.250. The van der Waals surface area contributed by atoms with Crippen LogP contribution in [0.25, 0.3) is 10.9 Å². The highest BCUT2D eigenvalue weighted by Gasteiger charge is 2.12. The summed E-state index contributed by atoms with van der Waals surface area (Å²) < 4.78 is 2.23. The van der Waals surface area contributed by atoms with E-state index < -0.39 is 0 Å². The number of hydrogen-bond acceptors (Lipinski definition) is 2. The van der Waals surface area contributed by atoms with Crippen LogP contribution < -0.4 is 11.1 Å². The zero-order valence-electron chi connectivity index (χ0n) is 13.9. The molecular weight excluding hydrogens is 298 g/mol. The van der Waals surface area contributed by atoms with Gasteiger partial charge in [-0.3, -0.25) is 4.79 Å². The van der Waals surface area contributed by atoms with E-state index in [4.69, 9.17) is 5.73 Å². The van der Waals surface area contributed by atoms with Crippen LogP contribution in [0.2, 0.25) is 0 Å². The SMILES string of the molecule is CCCn1ccc2cc(NC(=O)CC(N)c3ccccc3)ccc21. The monoisotopic (exact) mass is 321 g/mol. The summed E-state index contributed by atoms with van der Waals surface area (Å²) in [4.78, 5) is 12.2. The lowest BCUT2D eigenvalue weighted by molar-refractivity contribution is -0.116. The van der Waals surface area contributed by atoms with Crippen molar-refractivity contribution in [2.45, 2.75) is 32.4 Å². The number of fused-ring (bicyclic) bond motifs is 1. The molecule has 1 amide bonds. The molecule has 3 N–H and O–H groups in total. The van der Waals surface area contributed by atoms with Gasteiger partial charge in [0.15, 0.2) is 0 Å². The number of rotatable bonds is 6. The molecule has 4 heteroatoms. The molecule has 0 aliphatic carbocycles. The summed E-state index contributed by atoms with van der Waals surface area (Å²) in [7, 11) is 0. The second kappa shape index (κ2) is 7.32. The lowest BCUT2D eigenvalue weighted by Crippen LogP contribution is -2.20. The molecule has 4 nitrogen and oxygen atoms in total. The number of carbonyl (C=O) groups excluding carboxylic acids is 1. The van der Waals surface area contributed by atoms with Gasteiger partial charge in [0.25, 0.3) is 0 Å². The Bertz CT molecular complexity index is 823. The van der Waals surface area contributed by atoms with Crippen molar-refractivity contribution in [2.24, 2.45) is 5.73 Å². The second-order valence-electron chi connectivity index (χ2n) is 6.05. The van der Waals surface area contributed by atoms with Gasteiger partial charge in [-0.1, -0.05) is 37.3 Å². The highest BCUT2D eigenvalue weighted by molar-refractivity contribution is 5.94. The van der Waals surface area contributed by atoms with E-state index in [1.807, 2.05) is 42.5 Å². The second-order valence-corrected chi connectivity index (χ2v) is 6.05. The Balaban J connectivity index is 1.67. The zero-order chi connectivity index (χ0) is 16.9. The minimum atomic E-state index is -0.291. The number of nitrogens with one attached hydrogen (secondary N) is 1. The number of anilines is 1. The average Bonchev–Trinajstić information content (AvgIpc) is 2.98. The van der Waals surface area contributed by atoms with E-state index in [-0.39, 0.29) is 18.4 Å². The van der Waals surface area contributed by atoms with E-state index >= 15 is 0 Å². The molecule has 1 atom stereocenters. The molecule has 1 aromatic heterocycles. The molecule has 0 spiro atoms. The Morgan fingerprint density at radius 1 is 1.17 bits per heavy atom. The van der Waals surface area contributed by atoms with Crippen LogP contribution in [-0.4, -0.2) is 10.5 Å². The van der Waals surface area contributed by atoms with Gasteiger partial charge in [-0.05, 0) is 36.2 Å². The number of amides is 1. The third-order valence-corrected chi connectivity index (χ3v) is 4.15. The number of hydrogen-bond donors (Lipinski definition) is 2. The molecule has 0 saturated heterocycles. The summed E-state index contributed by atoms with van der Waals surface area (Å²) in [6.07, 6.45) is 3.45. The first-order chi connectivity index (χ1) is 11.7. The summed E-state index contributed by atoms with van der Waals surface area (Å²) in [6, 6.07) is 17.5. The Morgan fingerprint density at radius 3 is 2.71 bits per heavy atom. The van der Waals surface area contributed by atoms with Gasteiger partial charge < -0.3 is 15.6 Å². The Hall–Kier alpha value is -2.59. The van der Waals surface area contributed by atoms with Crippen molar-refractivity contribution in [1.29, 1.82) is 0 Å². The summed E-state index contributed by atoms with van der Waals surface area (Å²) in [5, 5.41) is 4.08. The van der Waals surface area contributed by atoms with Crippen molar-refractivity contribution in [3.8, 4) is 0 Å². The molecule has 0 radical (unpaired) electrons. The van der Waals surface area contributed by atoms with Crippen molar-refractivity contribution in [2.75, 3.05) is 5.32 Å². The molecule has 0 aliphatic rings. The first-order valence-electron chi connectivity index (χ1n) is 8.36. The van der Waals surface area contributed by atoms with Crippen LogP contribution in [-0.2, 0) is 11.3 Å². The molecule has 3 aromatic rings. The number of benzene rings is 2. The number of aromatic nitrogens is 1. The lowest BCUT2D eigenvalue weighted by Gasteiger charge is -2.12. The average molecular weight is 321 g/mol. The Morgan fingerprint density at radius 2 is 1.96 bits per heavy atom. The van der Waals surface area contributed by atoms with E-state index in [9.17, 15) is 4.79 Å². The Labute approximate surface area is 142 Å². The Kier molecular flexibility index (Phi) is 4.96. The molecule has 2 aromatic carbocycles. The van der Waals surface area contributed by atoms with Gasteiger partial charge in [0.05, 0.1) is 0 Å². The molecule has 0 aliphatic heterocycles. The minimum absolute atomic E-state index is 0.0707. The standard InChI is InChI=1S/C20H23N3O/c1-2-11-23-12-10-16-13-17(8-9-19(16)23)22-20(24)14-18(21)15-6-4-3-5-7-15/h3-10,12-13,18H,2,11,14,21H2,1H3,(H,22,24). The van der Waals surface area contributed by atoms with Crippen LogP contribution in [0.15, 0.2) is 60.8 Å². The molecule has 0 fully saturated rings. The number of nitrogens with two attached hydrogens (primary N) is 1. The summed E-state index contributed by atoms with van der Waals surface area (Å²) in [6.45, 7) is 3.16. The van der Waals surface area contributed by atoms with Crippen molar-refractivity contribution in [3.63, 3.8) is 0 Å². The van der Waals surface area contributed by atoms with E-state index in [1.54, 1.807) is 0 Å². The molecular formula is C20H23N3O.